The fraction of sp³-hybridized carbons (Fsp3) is 0.364. The lowest BCUT2D eigenvalue weighted by atomic mass is 10.4. The topological polar surface area (TPSA) is 55.1 Å². The van der Waals surface area contributed by atoms with E-state index in [2.05, 4.69) is 42.6 Å². The van der Waals surface area contributed by atoms with Crippen LogP contribution in [-0.2, 0) is 6.54 Å². The van der Waals surface area contributed by atoms with E-state index in [0.717, 1.165) is 33.8 Å². The average molecular weight is 311 g/mol. The number of imidazole rings is 1. The maximum absolute atomic E-state index is 4.67. The van der Waals surface area contributed by atoms with Gasteiger partial charge in [0.05, 0.1) is 5.69 Å². The van der Waals surface area contributed by atoms with Gasteiger partial charge in [0.15, 0.2) is 9.30 Å². The molecule has 0 spiro atoms. The summed E-state index contributed by atoms with van der Waals surface area (Å²) in [5.41, 5.74) is 1.20. The van der Waals surface area contributed by atoms with Crippen molar-refractivity contribution in [2.24, 2.45) is 0 Å². The summed E-state index contributed by atoms with van der Waals surface area (Å²) in [5.74, 6) is 0. The van der Waals surface area contributed by atoms with Crippen molar-refractivity contribution >= 4 is 39.6 Å². The highest BCUT2D eigenvalue weighted by atomic mass is 32.2. The van der Waals surface area contributed by atoms with E-state index in [0.29, 0.717) is 0 Å². The zero-order valence-electron chi connectivity index (χ0n) is 10.4. The normalized spacial score (nSPS) is 11.4. The molecule has 5 nitrogen and oxygen atoms in total. The number of nitrogens with zero attached hydrogens (tertiary/aromatic N) is 4. The van der Waals surface area contributed by atoms with Crippen molar-refractivity contribution in [3.63, 3.8) is 0 Å². The van der Waals surface area contributed by atoms with Crippen LogP contribution in [0.5, 0.6) is 0 Å². The molecule has 100 valence electrons. The summed E-state index contributed by atoms with van der Waals surface area (Å²) in [4.78, 5) is 9.91. The Morgan fingerprint density at radius 3 is 3.21 bits per heavy atom. The standard InChI is InChI=1S/C11H13N5S3/c1-2-3-12-6-8-9(18-11-13-7-14-19-11)15-10-16(8)4-5-17-10/h4-5,7,12H,2-3,6H2,1H3. The molecule has 0 atom stereocenters. The molecule has 1 N–H and O–H groups in total. The summed E-state index contributed by atoms with van der Waals surface area (Å²) in [7, 11) is 0. The number of rotatable bonds is 6. The van der Waals surface area contributed by atoms with Gasteiger partial charge in [-0.2, -0.15) is 4.37 Å². The van der Waals surface area contributed by atoms with E-state index >= 15 is 0 Å². The molecule has 0 bridgehead atoms. The molecule has 0 amide bonds. The summed E-state index contributed by atoms with van der Waals surface area (Å²) < 4.78 is 7.11. The maximum Gasteiger partial charge on any atom is 0.194 e. The van der Waals surface area contributed by atoms with Gasteiger partial charge in [0, 0.05) is 18.1 Å². The van der Waals surface area contributed by atoms with Crippen LogP contribution in [0.2, 0.25) is 0 Å². The number of fused-ring (bicyclic) bond motifs is 1. The second kappa shape index (κ2) is 6.00. The van der Waals surface area contributed by atoms with E-state index in [-0.39, 0.29) is 0 Å². The smallest absolute Gasteiger partial charge is 0.194 e. The van der Waals surface area contributed by atoms with Gasteiger partial charge in [0.1, 0.15) is 11.4 Å². The lowest BCUT2D eigenvalue weighted by molar-refractivity contribution is 0.653. The Morgan fingerprint density at radius 1 is 1.47 bits per heavy atom. The predicted octanol–water partition coefficient (Wildman–Crippen LogP) is 2.90. The maximum atomic E-state index is 4.67. The van der Waals surface area contributed by atoms with Gasteiger partial charge in [-0.1, -0.05) is 6.92 Å². The number of nitrogens with one attached hydrogen (secondary N) is 1. The van der Waals surface area contributed by atoms with E-state index in [1.165, 1.54) is 17.2 Å². The fourth-order valence-electron chi connectivity index (χ4n) is 1.73. The molecule has 0 saturated heterocycles. The predicted molar refractivity (Wildman–Crippen MR) is 79.1 cm³/mol. The highest BCUT2D eigenvalue weighted by Gasteiger charge is 2.15. The van der Waals surface area contributed by atoms with Crippen LogP contribution >= 0.6 is 34.6 Å². The van der Waals surface area contributed by atoms with Crippen LogP contribution in [0, 0.1) is 0 Å². The van der Waals surface area contributed by atoms with Crippen molar-refractivity contribution in [3.05, 3.63) is 23.6 Å². The summed E-state index contributed by atoms with van der Waals surface area (Å²) in [6, 6.07) is 0. The molecule has 0 aliphatic rings. The van der Waals surface area contributed by atoms with Crippen molar-refractivity contribution < 1.29 is 0 Å². The Labute approximate surface area is 123 Å². The Kier molecular flexibility index (Phi) is 4.12. The first-order valence-electron chi connectivity index (χ1n) is 5.98. The first kappa shape index (κ1) is 13.0. The van der Waals surface area contributed by atoms with Crippen LogP contribution < -0.4 is 5.32 Å². The molecule has 8 heteroatoms. The minimum absolute atomic E-state index is 0.826. The van der Waals surface area contributed by atoms with Gasteiger partial charge in [0.2, 0.25) is 0 Å². The summed E-state index contributed by atoms with van der Waals surface area (Å²) >= 11 is 4.64. The first-order valence-corrected chi connectivity index (χ1v) is 8.45. The largest absolute Gasteiger partial charge is 0.311 e. The second-order valence-electron chi connectivity index (χ2n) is 3.91. The van der Waals surface area contributed by atoms with Crippen molar-refractivity contribution in [1.82, 2.24) is 24.1 Å². The Bertz CT molecular complexity index is 642. The molecule has 0 aliphatic heterocycles. The van der Waals surface area contributed by atoms with Crippen LogP contribution in [0.4, 0.5) is 0 Å². The SMILES string of the molecule is CCCNCc1c(Sc2ncns2)nc2sccn12. The first-order chi connectivity index (χ1) is 9.38. The number of thiazole rings is 1. The molecule has 0 saturated carbocycles. The van der Waals surface area contributed by atoms with Crippen molar-refractivity contribution in [2.45, 2.75) is 29.3 Å². The van der Waals surface area contributed by atoms with Crippen LogP contribution in [0.3, 0.4) is 0 Å². The number of aromatic nitrogens is 4. The highest BCUT2D eigenvalue weighted by molar-refractivity contribution is 8.00. The average Bonchev–Trinajstić information content (AvgIpc) is 3.09. The monoisotopic (exact) mass is 311 g/mol. The van der Waals surface area contributed by atoms with E-state index in [1.54, 1.807) is 29.4 Å². The molecular weight excluding hydrogens is 298 g/mol. The molecule has 0 fully saturated rings. The van der Waals surface area contributed by atoms with Crippen molar-refractivity contribution in [1.29, 1.82) is 0 Å². The Balaban J connectivity index is 1.88. The molecule has 3 aromatic rings. The van der Waals surface area contributed by atoms with Crippen molar-refractivity contribution in [2.75, 3.05) is 6.54 Å². The Hall–Kier alpha value is -0.960. The molecule has 0 aromatic carbocycles. The fourth-order valence-corrected chi connectivity index (χ4v) is 4.00. The number of hydrogen-bond acceptors (Lipinski definition) is 7. The lowest BCUT2D eigenvalue weighted by Gasteiger charge is -2.04. The summed E-state index contributed by atoms with van der Waals surface area (Å²) in [6.45, 7) is 4.01. The van der Waals surface area contributed by atoms with Crippen LogP contribution in [0.1, 0.15) is 19.0 Å². The minimum Gasteiger partial charge on any atom is -0.311 e. The Morgan fingerprint density at radius 2 is 2.42 bits per heavy atom. The summed E-state index contributed by atoms with van der Waals surface area (Å²) in [6.07, 6.45) is 4.78. The van der Waals surface area contributed by atoms with Gasteiger partial charge in [-0.15, -0.1) is 11.3 Å². The quantitative estimate of drug-likeness (QED) is 0.709. The molecule has 19 heavy (non-hydrogen) atoms. The van der Waals surface area contributed by atoms with Crippen molar-refractivity contribution in [3.8, 4) is 0 Å². The van der Waals surface area contributed by atoms with E-state index in [9.17, 15) is 0 Å². The summed E-state index contributed by atoms with van der Waals surface area (Å²) in [5, 5.41) is 6.52. The van der Waals surface area contributed by atoms with Gasteiger partial charge in [-0.25, -0.2) is 9.97 Å². The third-order valence-corrected chi connectivity index (χ3v) is 5.06. The molecule has 3 aromatic heterocycles. The van der Waals surface area contributed by atoms with E-state index in [4.69, 9.17) is 0 Å². The second-order valence-corrected chi connectivity index (χ2v) is 6.79. The van der Waals surface area contributed by atoms with Gasteiger partial charge in [-0.3, -0.25) is 4.40 Å². The van der Waals surface area contributed by atoms with Gasteiger partial charge in [-0.05, 0) is 36.3 Å². The lowest BCUT2D eigenvalue weighted by Crippen LogP contribution is -2.15. The highest BCUT2D eigenvalue weighted by Crippen LogP contribution is 2.32. The van der Waals surface area contributed by atoms with Gasteiger partial charge in [0.25, 0.3) is 0 Å². The third kappa shape index (κ3) is 2.81. The van der Waals surface area contributed by atoms with Crippen LogP contribution in [0.15, 0.2) is 27.3 Å². The zero-order valence-corrected chi connectivity index (χ0v) is 12.8. The van der Waals surface area contributed by atoms with Crippen LogP contribution in [-0.4, -0.2) is 25.3 Å². The number of hydrogen-bond donors (Lipinski definition) is 1. The molecule has 0 unspecified atom stereocenters. The van der Waals surface area contributed by atoms with Gasteiger partial charge >= 0.3 is 0 Å². The third-order valence-electron chi connectivity index (χ3n) is 2.57. The molecule has 0 aliphatic carbocycles. The minimum atomic E-state index is 0.826. The molecule has 3 heterocycles. The molecule has 3 rings (SSSR count). The van der Waals surface area contributed by atoms with E-state index in [1.807, 2.05) is 0 Å². The van der Waals surface area contributed by atoms with E-state index < -0.39 is 0 Å². The molecule has 0 radical (unpaired) electrons. The zero-order chi connectivity index (χ0) is 13.1. The van der Waals surface area contributed by atoms with Gasteiger partial charge < -0.3 is 5.32 Å². The molecular formula is C11H13N5S3. The van der Waals surface area contributed by atoms with Crippen LogP contribution in [0.25, 0.3) is 4.96 Å².